The minimum atomic E-state index is 0.586. The van der Waals surface area contributed by atoms with Crippen LogP contribution in [0.2, 0.25) is 0 Å². The van der Waals surface area contributed by atoms with Crippen molar-refractivity contribution in [2.24, 2.45) is 7.05 Å². The predicted molar refractivity (Wildman–Crippen MR) is 67.4 cm³/mol. The molecule has 0 saturated heterocycles. The van der Waals surface area contributed by atoms with Gasteiger partial charge in [-0.15, -0.1) is 10.2 Å². The van der Waals surface area contributed by atoms with Crippen molar-refractivity contribution in [2.45, 2.75) is 19.9 Å². The Labute approximate surface area is 108 Å². The Morgan fingerprint density at radius 3 is 2.88 bits per heavy atom. The Morgan fingerprint density at radius 1 is 1.41 bits per heavy atom. The van der Waals surface area contributed by atoms with E-state index in [0.717, 1.165) is 28.5 Å². The maximum atomic E-state index is 4.37. The van der Waals surface area contributed by atoms with E-state index >= 15 is 0 Å². The highest BCUT2D eigenvalue weighted by Crippen LogP contribution is 2.13. The van der Waals surface area contributed by atoms with Gasteiger partial charge in [-0.3, -0.25) is 0 Å². The van der Waals surface area contributed by atoms with Crippen molar-refractivity contribution in [1.82, 2.24) is 24.7 Å². The van der Waals surface area contributed by atoms with Crippen molar-refractivity contribution in [3.05, 3.63) is 28.6 Å². The average Bonchev–Trinajstić information content (AvgIpc) is 2.71. The molecule has 0 aliphatic heterocycles. The minimum Gasteiger partial charge on any atom is -0.363 e. The molecule has 2 rings (SSSR count). The van der Waals surface area contributed by atoms with E-state index in [0.29, 0.717) is 6.54 Å². The summed E-state index contributed by atoms with van der Waals surface area (Å²) in [6, 6.07) is 1.84. The molecule has 0 atom stereocenters. The van der Waals surface area contributed by atoms with Crippen molar-refractivity contribution in [3.63, 3.8) is 0 Å². The van der Waals surface area contributed by atoms with E-state index in [2.05, 4.69) is 41.4 Å². The molecular weight excluding hydrogens is 284 g/mol. The van der Waals surface area contributed by atoms with E-state index < -0.39 is 0 Å². The third-order valence-electron chi connectivity index (χ3n) is 2.29. The first-order valence-electron chi connectivity index (χ1n) is 5.29. The smallest absolute Gasteiger partial charge is 0.151 e. The molecule has 0 amide bonds. The van der Waals surface area contributed by atoms with Gasteiger partial charge in [0.15, 0.2) is 5.82 Å². The molecule has 0 spiro atoms. The van der Waals surface area contributed by atoms with Gasteiger partial charge in [-0.25, -0.2) is 9.97 Å². The molecule has 0 saturated carbocycles. The molecule has 17 heavy (non-hydrogen) atoms. The first-order chi connectivity index (χ1) is 8.19. The number of hydrogen-bond acceptors (Lipinski definition) is 5. The largest absolute Gasteiger partial charge is 0.363 e. The van der Waals surface area contributed by atoms with Gasteiger partial charge in [-0.2, -0.15) is 0 Å². The van der Waals surface area contributed by atoms with E-state index in [4.69, 9.17) is 0 Å². The summed E-state index contributed by atoms with van der Waals surface area (Å²) >= 11 is 3.36. The summed E-state index contributed by atoms with van der Waals surface area (Å²) in [5.41, 5.74) is 0. The lowest BCUT2D eigenvalue weighted by Crippen LogP contribution is -2.08. The van der Waals surface area contributed by atoms with Gasteiger partial charge >= 0.3 is 0 Å². The number of rotatable bonds is 4. The van der Waals surface area contributed by atoms with Gasteiger partial charge in [-0.1, -0.05) is 6.92 Å². The molecule has 0 aliphatic carbocycles. The zero-order chi connectivity index (χ0) is 12.3. The second kappa shape index (κ2) is 5.22. The first-order valence-corrected chi connectivity index (χ1v) is 6.08. The zero-order valence-corrected chi connectivity index (χ0v) is 11.3. The number of aryl methyl sites for hydroxylation is 2. The summed E-state index contributed by atoms with van der Waals surface area (Å²) in [5.74, 6) is 2.45. The monoisotopic (exact) mass is 296 g/mol. The molecule has 0 radical (unpaired) electrons. The van der Waals surface area contributed by atoms with Crippen LogP contribution in [-0.2, 0) is 20.0 Å². The molecule has 90 valence electrons. The van der Waals surface area contributed by atoms with E-state index in [-0.39, 0.29) is 0 Å². The highest BCUT2D eigenvalue weighted by Gasteiger charge is 2.04. The van der Waals surface area contributed by atoms with E-state index in [1.807, 2.05) is 24.6 Å². The molecule has 2 heterocycles. The highest BCUT2D eigenvalue weighted by atomic mass is 79.9. The van der Waals surface area contributed by atoms with Crippen molar-refractivity contribution in [2.75, 3.05) is 5.32 Å². The standard InChI is InChI=1S/C10H13BrN6/c1-3-8-14-7(11)4-9(15-8)12-5-10-16-13-6-17(10)2/h4,6H,3,5H2,1-2H3,(H,12,14,15). The number of aromatic nitrogens is 5. The van der Waals surface area contributed by atoms with Gasteiger partial charge in [0, 0.05) is 19.5 Å². The summed E-state index contributed by atoms with van der Waals surface area (Å²) in [4.78, 5) is 8.62. The Hall–Kier alpha value is -1.50. The van der Waals surface area contributed by atoms with Crippen LogP contribution in [0.5, 0.6) is 0 Å². The number of nitrogens with zero attached hydrogens (tertiary/aromatic N) is 5. The maximum absolute atomic E-state index is 4.37. The summed E-state index contributed by atoms with van der Waals surface area (Å²) in [6.45, 7) is 2.61. The van der Waals surface area contributed by atoms with Crippen LogP contribution in [0.3, 0.4) is 0 Å². The van der Waals surface area contributed by atoms with Crippen LogP contribution in [0.4, 0.5) is 5.82 Å². The van der Waals surface area contributed by atoms with Crippen molar-refractivity contribution in [3.8, 4) is 0 Å². The zero-order valence-electron chi connectivity index (χ0n) is 9.68. The van der Waals surface area contributed by atoms with E-state index in [9.17, 15) is 0 Å². The SMILES string of the molecule is CCc1nc(Br)cc(NCc2nncn2C)n1. The first kappa shape index (κ1) is 12.0. The summed E-state index contributed by atoms with van der Waals surface area (Å²) in [5, 5.41) is 11.0. The van der Waals surface area contributed by atoms with Crippen LogP contribution >= 0.6 is 15.9 Å². The Balaban J connectivity index is 2.09. The molecule has 6 nitrogen and oxygen atoms in total. The van der Waals surface area contributed by atoms with Gasteiger partial charge in [0.05, 0.1) is 6.54 Å². The Bertz CT molecular complexity index is 509. The maximum Gasteiger partial charge on any atom is 0.151 e. The molecule has 2 aromatic rings. The quantitative estimate of drug-likeness (QED) is 0.867. The van der Waals surface area contributed by atoms with Crippen molar-refractivity contribution < 1.29 is 0 Å². The van der Waals surface area contributed by atoms with Gasteiger partial charge in [0.25, 0.3) is 0 Å². The number of nitrogens with one attached hydrogen (secondary N) is 1. The normalized spacial score (nSPS) is 10.5. The third-order valence-corrected chi connectivity index (χ3v) is 2.70. The van der Waals surface area contributed by atoms with E-state index in [1.165, 1.54) is 0 Å². The molecule has 0 fully saturated rings. The molecule has 0 unspecified atom stereocenters. The Kier molecular flexibility index (Phi) is 3.68. The van der Waals surface area contributed by atoms with Gasteiger partial charge in [0.1, 0.15) is 22.6 Å². The van der Waals surface area contributed by atoms with Crippen molar-refractivity contribution >= 4 is 21.7 Å². The summed E-state index contributed by atoms with van der Waals surface area (Å²) < 4.78 is 2.65. The second-order valence-electron chi connectivity index (χ2n) is 3.56. The minimum absolute atomic E-state index is 0.586. The van der Waals surface area contributed by atoms with E-state index in [1.54, 1.807) is 6.33 Å². The molecule has 0 bridgehead atoms. The van der Waals surface area contributed by atoms with Gasteiger partial charge < -0.3 is 9.88 Å². The van der Waals surface area contributed by atoms with Crippen LogP contribution < -0.4 is 5.32 Å². The highest BCUT2D eigenvalue weighted by molar-refractivity contribution is 9.10. The van der Waals surface area contributed by atoms with Crippen LogP contribution in [-0.4, -0.2) is 24.7 Å². The van der Waals surface area contributed by atoms with Crippen molar-refractivity contribution in [1.29, 1.82) is 0 Å². The average molecular weight is 297 g/mol. The summed E-state index contributed by atoms with van der Waals surface area (Å²) in [7, 11) is 1.91. The topological polar surface area (TPSA) is 68.5 Å². The number of halogens is 1. The lowest BCUT2D eigenvalue weighted by atomic mass is 10.4. The predicted octanol–water partition coefficient (Wildman–Crippen LogP) is 1.54. The molecule has 7 heteroatoms. The lowest BCUT2D eigenvalue weighted by Gasteiger charge is -2.06. The van der Waals surface area contributed by atoms with Crippen LogP contribution in [0.15, 0.2) is 17.0 Å². The molecule has 0 aromatic carbocycles. The lowest BCUT2D eigenvalue weighted by molar-refractivity contribution is 0.807. The molecule has 2 aromatic heterocycles. The van der Waals surface area contributed by atoms with Crippen LogP contribution in [0, 0.1) is 0 Å². The summed E-state index contributed by atoms with van der Waals surface area (Å²) in [6.07, 6.45) is 2.47. The molecule has 0 aliphatic rings. The Morgan fingerprint density at radius 2 is 2.24 bits per heavy atom. The number of hydrogen-bond donors (Lipinski definition) is 1. The molecular formula is C10H13BrN6. The fraction of sp³-hybridized carbons (Fsp3) is 0.400. The van der Waals surface area contributed by atoms with Gasteiger partial charge in [0.2, 0.25) is 0 Å². The second-order valence-corrected chi connectivity index (χ2v) is 4.37. The van der Waals surface area contributed by atoms with Crippen LogP contribution in [0.1, 0.15) is 18.6 Å². The fourth-order valence-electron chi connectivity index (χ4n) is 1.35. The number of anilines is 1. The van der Waals surface area contributed by atoms with Gasteiger partial charge in [-0.05, 0) is 15.9 Å². The molecule has 1 N–H and O–H groups in total. The fourth-order valence-corrected chi connectivity index (χ4v) is 1.77. The third kappa shape index (κ3) is 3.00. The van der Waals surface area contributed by atoms with Crippen LogP contribution in [0.25, 0.3) is 0 Å².